The minimum Gasteiger partial charge on any atom is -0.406 e. The molecule has 0 heterocycles. The predicted molar refractivity (Wildman–Crippen MR) is 51.9 cm³/mol. The Bertz CT molecular complexity index is 331. The molecule has 0 aliphatic heterocycles. The maximum absolute atomic E-state index is 11.9. The molecule has 0 aliphatic carbocycles. The molecule has 0 spiro atoms. The van der Waals surface area contributed by atoms with Gasteiger partial charge in [0.1, 0.15) is 5.75 Å². The fraction of sp³-hybridized carbons (Fsp3) is 0.455. The largest absolute Gasteiger partial charge is 0.573 e. The summed E-state index contributed by atoms with van der Waals surface area (Å²) in [5.41, 5.74) is 1.89. The van der Waals surface area contributed by atoms with E-state index in [0.717, 1.165) is 24.0 Å². The summed E-state index contributed by atoms with van der Waals surface area (Å²) < 4.78 is 39.5. The Balaban J connectivity index is 2.82. The first-order valence-corrected chi connectivity index (χ1v) is 4.77. The Morgan fingerprint density at radius 3 is 2.40 bits per heavy atom. The SMILES string of the molecule is CCCc1ccc(OC(F)(F)F)cc1C. The summed E-state index contributed by atoms with van der Waals surface area (Å²) in [6, 6.07) is 4.45. The smallest absolute Gasteiger partial charge is 0.406 e. The van der Waals surface area contributed by atoms with Crippen LogP contribution in [0.25, 0.3) is 0 Å². The highest BCUT2D eigenvalue weighted by Gasteiger charge is 2.31. The van der Waals surface area contributed by atoms with Crippen molar-refractivity contribution in [3.63, 3.8) is 0 Å². The molecular formula is C11H13F3O. The van der Waals surface area contributed by atoms with Crippen molar-refractivity contribution in [2.75, 3.05) is 0 Å². The molecule has 0 aliphatic rings. The summed E-state index contributed by atoms with van der Waals surface area (Å²) in [5.74, 6) is -0.153. The number of alkyl halides is 3. The lowest BCUT2D eigenvalue weighted by molar-refractivity contribution is -0.274. The summed E-state index contributed by atoms with van der Waals surface area (Å²) in [6.45, 7) is 3.81. The molecule has 15 heavy (non-hydrogen) atoms. The van der Waals surface area contributed by atoms with E-state index in [9.17, 15) is 13.2 Å². The van der Waals surface area contributed by atoms with Crippen molar-refractivity contribution in [2.24, 2.45) is 0 Å². The third kappa shape index (κ3) is 3.81. The van der Waals surface area contributed by atoms with Crippen LogP contribution in [-0.2, 0) is 6.42 Å². The van der Waals surface area contributed by atoms with Gasteiger partial charge in [-0.3, -0.25) is 0 Å². The highest BCUT2D eigenvalue weighted by Crippen LogP contribution is 2.25. The van der Waals surface area contributed by atoms with E-state index >= 15 is 0 Å². The van der Waals surface area contributed by atoms with Gasteiger partial charge in [-0.1, -0.05) is 19.4 Å². The molecule has 0 amide bonds. The fourth-order valence-corrected chi connectivity index (χ4v) is 1.42. The van der Waals surface area contributed by atoms with E-state index in [2.05, 4.69) is 4.74 Å². The highest BCUT2D eigenvalue weighted by atomic mass is 19.4. The van der Waals surface area contributed by atoms with Gasteiger partial charge in [-0.25, -0.2) is 0 Å². The molecule has 0 saturated heterocycles. The minimum absolute atomic E-state index is 0.153. The van der Waals surface area contributed by atoms with Gasteiger partial charge in [-0.2, -0.15) is 0 Å². The van der Waals surface area contributed by atoms with Gasteiger partial charge in [0.15, 0.2) is 0 Å². The van der Waals surface area contributed by atoms with E-state index in [1.807, 2.05) is 6.92 Å². The molecule has 1 rings (SSSR count). The summed E-state index contributed by atoms with van der Waals surface area (Å²) in [6.07, 6.45) is -2.77. The lowest BCUT2D eigenvalue weighted by Gasteiger charge is -2.11. The van der Waals surface area contributed by atoms with Gasteiger partial charge < -0.3 is 4.74 Å². The van der Waals surface area contributed by atoms with Gasteiger partial charge in [0.2, 0.25) is 0 Å². The number of ether oxygens (including phenoxy) is 1. The maximum atomic E-state index is 11.9. The van der Waals surface area contributed by atoms with Gasteiger partial charge in [0.25, 0.3) is 0 Å². The first-order valence-electron chi connectivity index (χ1n) is 4.77. The van der Waals surface area contributed by atoms with Crippen LogP contribution < -0.4 is 4.74 Å². The van der Waals surface area contributed by atoms with Crippen molar-refractivity contribution in [2.45, 2.75) is 33.1 Å². The van der Waals surface area contributed by atoms with Crippen LogP contribution in [0.3, 0.4) is 0 Å². The maximum Gasteiger partial charge on any atom is 0.573 e. The Morgan fingerprint density at radius 2 is 1.93 bits per heavy atom. The van der Waals surface area contributed by atoms with Crippen LogP contribution in [-0.4, -0.2) is 6.36 Å². The second-order valence-electron chi connectivity index (χ2n) is 3.39. The lowest BCUT2D eigenvalue weighted by Crippen LogP contribution is -2.17. The van der Waals surface area contributed by atoms with Crippen LogP contribution in [0.4, 0.5) is 13.2 Å². The van der Waals surface area contributed by atoms with Crippen molar-refractivity contribution in [3.8, 4) is 5.75 Å². The number of aryl methyl sites for hydroxylation is 2. The molecule has 0 radical (unpaired) electrons. The second-order valence-corrected chi connectivity index (χ2v) is 3.39. The zero-order valence-electron chi connectivity index (χ0n) is 8.69. The zero-order valence-corrected chi connectivity index (χ0v) is 8.69. The van der Waals surface area contributed by atoms with E-state index in [0.29, 0.717) is 0 Å². The normalized spacial score (nSPS) is 11.5. The van der Waals surface area contributed by atoms with E-state index in [1.165, 1.54) is 12.1 Å². The summed E-state index contributed by atoms with van der Waals surface area (Å²) in [5, 5.41) is 0. The van der Waals surface area contributed by atoms with Gasteiger partial charge in [0.05, 0.1) is 0 Å². The topological polar surface area (TPSA) is 9.23 Å². The minimum atomic E-state index is -4.61. The molecule has 0 aromatic heterocycles. The third-order valence-electron chi connectivity index (χ3n) is 2.07. The molecule has 4 heteroatoms. The molecule has 0 N–H and O–H groups in total. The number of halogens is 3. The quantitative estimate of drug-likeness (QED) is 0.748. The molecule has 0 unspecified atom stereocenters. The molecule has 1 aromatic carbocycles. The number of benzene rings is 1. The van der Waals surface area contributed by atoms with Crippen molar-refractivity contribution in [3.05, 3.63) is 29.3 Å². The molecule has 0 bridgehead atoms. The second kappa shape index (κ2) is 4.55. The van der Waals surface area contributed by atoms with E-state index < -0.39 is 6.36 Å². The van der Waals surface area contributed by atoms with Crippen LogP contribution in [0.2, 0.25) is 0 Å². The first kappa shape index (κ1) is 11.9. The van der Waals surface area contributed by atoms with Crippen molar-refractivity contribution >= 4 is 0 Å². The fourth-order valence-electron chi connectivity index (χ4n) is 1.42. The zero-order chi connectivity index (χ0) is 11.5. The molecule has 84 valence electrons. The highest BCUT2D eigenvalue weighted by molar-refractivity contribution is 5.34. The molecule has 1 nitrogen and oxygen atoms in total. The summed E-state index contributed by atoms with van der Waals surface area (Å²) in [4.78, 5) is 0. The van der Waals surface area contributed by atoms with Crippen LogP contribution in [0.15, 0.2) is 18.2 Å². The molecule has 0 saturated carbocycles. The van der Waals surface area contributed by atoms with Gasteiger partial charge in [-0.05, 0) is 36.6 Å². The van der Waals surface area contributed by atoms with Gasteiger partial charge in [-0.15, -0.1) is 13.2 Å². The van der Waals surface area contributed by atoms with Crippen LogP contribution in [0.5, 0.6) is 5.75 Å². The van der Waals surface area contributed by atoms with Crippen molar-refractivity contribution in [1.29, 1.82) is 0 Å². The van der Waals surface area contributed by atoms with Gasteiger partial charge in [0, 0.05) is 0 Å². The van der Waals surface area contributed by atoms with Gasteiger partial charge >= 0.3 is 6.36 Å². The monoisotopic (exact) mass is 218 g/mol. The van der Waals surface area contributed by atoms with Crippen LogP contribution >= 0.6 is 0 Å². The third-order valence-corrected chi connectivity index (χ3v) is 2.07. The standard InChI is InChI=1S/C11H13F3O/c1-3-4-9-5-6-10(7-8(9)2)15-11(12,13)14/h5-7H,3-4H2,1-2H3. The van der Waals surface area contributed by atoms with Crippen molar-refractivity contribution < 1.29 is 17.9 Å². The number of hydrogen-bond donors (Lipinski definition) is 0. The average molecular weight is 218 g/mol. The van der Waals surface area contributed by atoms with Crippen LogP contribution in [0, 0.1) is 6.92 Å². The molecule has 0 atom stereocenters. The Morgan fingerprint density at radius 1 is 1.27 bits per heavy atom. The Kier molecular flexibility index (Phi) is 3.61. The Hall–Kier alpha value is -1.19. The van der Waals surface area contributed by atoms with E-state index in [1.54, 1.807) is 13.0 Å². The number of hydrogen-bond acceptors (Lipinski definition) is 1. The number of rotatable bonds is 3. The Labute approximate surface area is 86.9 Å². The first-order chi connectivity index (χ1) is 6.92. The van der Waals surface area contributed by atoms with E-state index in [4.69, 9.17) is 0 Å². The lowest BCUT2D eigenvalue weighted by atomic mass is 10.0. The molecule has 1 aromatic rings. The average Bonchev–Trinajstić information content (AvgIpc) is 2.07. The summed E-state index contributed by atoms with van der Waals surface area (Å²) >= 11 is 0. The van der Waals surface area contributed by atoms with Crippen molar-refractivity contribution in [1.82, 2.24) is 0 Å². The predicted octanol–water partition coefficient (Wildman–Crippen LogP) is 3.85. The molecule has 0 fully saturated rings. The summed E-state index contributed by atoms with van der Waals surface area (Å²) in [7, 11) is 0. The molecular weight excluding hydrogens is 205 g/mol. The van der Waals surface area contributed by atoms with Crippen LogP contribution in [0.1, 0.15) is 24.5 Å². The van der Waals surface area contributed by atoms with E-state index in [-0.39, 0.29) is 5.75 Å².